The van der Waals surface area contributed by atoms with Crippen LogP contribution in [-0.4, -0.2) is 38.8 Å². The lowest BCUT2D eigenvalue weighted by Gasteiger charge is -2.29. The van der Waals surface area contributed by atoms with Crippen molar-refractivity contribution in [1.29, 1.82) is 0 Å². The molecule has 0 radical (unpaired) electrons. The SMILES string of the molecule is Cc1ccc(S(=O)(=O)C(COC=O)C(=O)OC2CCCCC2C)cc1. The normalized spacial score (nSPS) is 22.0. The lowest BCUT2D eigenvalue weighted by molar-refractivity contribution is -0.154. The molecule has 1 aromatic carbocycles. The third-order valence-corrected chi connectivity index (χ3v) is 6.61. The second-order valence-electron chi connectivity index (χ2n) is 6.51. The van der Waals surface area contributed by atoms with Crippen molar-refractivity contribution in [1.82, 2.24) is 0 Å². The molecule has 25 heavy (non-hydrogen) atoms. The lowest BCUT2D eigenvalue weighted by atomic mass is 9.88. The fraction of sp³-hybridized carbons (Fsp3) is 0.556. The Labute approximate surface area is 148 Å². The Kier molecular flexibility index (Phi) is 6.58. The zero-order valence-electron chi connectivity index (χ0n) is 14.5. The average Bonchev–Trinajstić information content (AvgIpc) is 2.57. The van der Waals surface area contributed by atoms with Crippen molar-refractivity contribution < 1.29 is 27.5 Å². The molecule has 2 rings (SSSR count). The monoisotopic (exact) mass is 368 g/mol. The van der Waals surface area contributed by atoms with Crippen molar-refractivity contribution in [2.45, 2.75) is 55.8 Å². The second kappa shape index (κ2) is 8.47. The zero-order valence-corrected chi connectivity index (χ0v) is 15.3. The number of hydrogen-bond donors (Lipinski definition) is 0. The lowest BCUT2D eigenvalue weighted by Crippen LogP contribution is -2.40. The minimum Gasteiger partial charge on any atom is -0.466 e. The van der Waals surface area contributed by atoms with Crippen molar-refractivity contribution in [3.63, 3.8) is 0 Å². The van der Waals surface area contributed by atoms with Gasteiger partial charge in [-0.05, 0) is 44.2 Å². The maximum atomic E-state index is 12.8. The summed E-state index contributed by atoms with van der Waals surface area (Å²) < 4.78 is 35.7. The van der Waals surface area contributed by atoms with Crippen LogP contribution in [0.2, 0.25) is 0 Å². The van der Waals surface area contributed by atoms with Gasteiger partial charge in [-0.25, -0.2) is 8.42 Å². The Bertz CT molecular complexity index is 695. The van der Waals surface area contributed by atoms with Crippen molar-refractivity contribution in [2.75, 3.05) is 6.61 Å². The molecule has 7 heteroatoms. The highest BCUT2D eigenvalue weighted by Crippen LogP contribution is 2.28. The minimum atomic E-state index is -4.02. The Morgan fingerprint density at radius 3 is 2.48 bits per heavy atom. The summed E-state index contributed by atoms with van der Waals surface area (Å²) in [5.74, 6) is -0.673. The van der Waals surface area contributed by atoms with Gasteiger partial charge < -0.3 is 9.47 Å². The Balaban J connectivity index is 2.23. The van der Waals surface area contributed by atoms with E-state index in [9.17, 15) is 18.0 Å². The zero-order chi connectivity index (χ0) is 18.4. The highest BCUT2D eigenvalue weighted by atomic mass is 32.2. The molecule has 3 atom stereocenters. The summed E-state index contributed by atoms with van der Waals surface area (Å²) in [5, 5.41) is -1.56. The summed E-state index contributed by atoms with van der Waals surface area (Å²) in [6.45, 7) is 3.40. The topological polar surface area (TPSA) is 86.7 Å². The molecule has 1 fully saturated rings. The number of carbonyl (C=O) groups excluding carboxylic acids is 2. The van der Waals surface area contributed by atoms with Crippen LogP contribution in [0, 0.1) is 12.8 Å². The van der Waals surface area contributed by atoms with Gasteiger partial charge in [-0.3, -0.25) is 9.59 Å². The van der Waals surface area contributed by atoms with E-state index in [0.29, 0.717) is 0 Å². The summed E-state index contributed by atoms with van der Waals surface area (Å²) in [6, 6.07) is 6.18. The van der Waals surface area contributed by atoms with Crippen LogP contribution in [0.3, 0.4) is 0 Å². The van der Waals surface area contributed by atoms with Gasteiger partial charge in [0, 0.05) is 0 Å². The number of hydrogen-bond acceptors (Lipinski definition) is 6. The molecule has 1 aromatic rings. The van der Waals surface area contributed by atoms with E-state index in [1.54, 1.807) is 12.1 Å². The molecule has 1 saturated carbocycles. The molecule has 0 bridgehead atoms. The van der Waals surface area contributed by atoms with E-state index in [2.05, 4.69) is 4.74 Å². The largest absolute Gasteiger partial charge is 0.466 e. The van der Waals surface area contributed by atoms with Gasteiger partial charge in [0.15, 0.2) is 15.1 Å². The maximum Gasteiger partial charge on any atom is 0.328 e. The van der Waals surface area contributed by atoms with Crippen molar-refractivity contribution in [3.8, 4) is 0 Å². The van der Waals surface area contributed by atoms with E-state index in [0.717, 1.165) is 31.2 Å². The first-order valence-corrected chi connectivity index (χ1v) is 9.97. The molecule has 1 aliphatic rings. The predicted octanol–water partition coefficient (Wildman–Crippen LogP) is 2.43. The van der Waals surface area contributed by atoms with Gasteiger partial charge in [0.2, 0.25) is 0 Å². The fourth-order valence-electron chi connectivity index (χ4n) is 2.99. The Morgan fingerprint density at radius 2 is 1.88 bits per heavy atom. The number of aryl methyl sites for hydroxylation is 1. The number of carbonyl (C=O) groups is 2. The first-order valence-electron chi connectivity index (χ1n) is 8.42. The summed E-state index contributed by atoms with van der Waals surface area (Å²) in [5.41, 5.74) is 0.901. The van der Waals surface area contributed by atoms with Crippen molar-refractivity contribution in [3.05, 3.63) is 29.8 Å². The van der Waals surface area contributed by atoms with Gasteiger partial charge >= 0.3 is 5.97 Å². The van der Waals surface area contributed by atoms with E-state index < -0.39 is 27.7 Å². The third-order valence-electron chi connectivity index (χ3n) is 4.60. The summed E-state index contributed by atoms with van der Waals surface area (Å²) in [4.78, 5) is 23.1. The first kappa shape index (κ1) is 19.4. The standard InChI is InChI=1S/C18H24O6S/c1-13-7-9-15(10-8-13)25(21,22)17(11-23-12-19)18(20)24-16-6-4-3-5-14(16)2/h7-10,12,14,16-17H,3-6,11H2,1-2H3. The number of rotatable bonds is 7. The fourth-order valence-corrected chi connectivity index (χ4v) is 4.40. The molecular formula is C18H24O6S. The van der Waals surface area contributed by atoms with Gasteiger partial charge in [-0.1, -0.05) is 31.0 Å². The highest BCUT2D eigenvalue weighted by molar-refractivity contribution is 7.92. The van der Waals surface area contributed by atoms with E-state index in [4.69, 9.17) is 4.74 Å². The molecular weight excluding hydrogens is 344 g/mol. The molecule has 0 aromatic heterocycles. The van der Waals surface area contributed by atoms with Crippen LogP contribution >= 0.6 is 0 Å². The minimum absolute atomic E-state index is 0.00578. The summed E-state index contributed by atoms with van der Waals surface area (Å²) in [7, 11) is -4.02. The van der Waals surface area contributed by atoms with Crippen LogP contribution < -0.4 is 0 Å². The summed E-state index contributed by atoms with van der Waals surface area (Å²) in [6.07, 6.45) is 3.39. The number of benzene rings is 1. The average molecular weight is 368 g/mol. The molecule has 0 amide bonds. The van der Waals surface area contributed by atoms with E-state index in [1.807, 2.05) is 13.8 Å². The van der Waals surface area contributed by atoms with E-state index in [1.165, 1.54) is 12.1 Å². The highest BCUT2D eigenvalue weighted by Gasteiger charge is 2.38. The van der Waals surface area contributed by atoms with Gasteiger partial charge in [-0.15, -0.1) is 0 Å². The Hall–Kier alpha value is -1.89. The molecule has 1 aliphatic carbocycles. The van der Waals surface area contributed by atoms with Gasteiger partial charge in [0.05, 0.1) is 4.90 Å². The quantitative estimate of drug-likeness (QED) is 0.543. The molecule has 0 N–H and O–H groups in total. The predicted molar refractivity (Wildman–Crippen MR) is 91.7 cm³/mol. The second-order valence-corrected chi connectivity index (χ2v) is 8.64. The molecule has 0 spiro atoms. The van der Waals surface area contributed by atoms with Gasteiger partial charge in [-0.2, -0.15) is 0 Å². The van der Waals surface area contributed by atoms with Gasteiger partial charge in [0.1, 0.15) is 12.7 Å². The summed E-state index contributed by atoms with van der Waals surface area (Å²) >= 11 is 0. The molecule has 0 heterocycles. The molecule has 0 aliphatic heterocycles. The molecule has 3 unspecified atom stereocenters. The van der Waals surface area contributed by atoms with Crippen LogP contribution in [0.25, 0.3) is 0 Å². The number of esters is 1. The van der Waals surface area contributed by atoms with Crippen LogP contribution in [0.4, 0.5) is 0 Å². The van der Waals surface area contributed by atoms with Crippen LogP contribution in [0.5, 0.6) is 0 Å². The van der Waals surface area contributed by atoms with Crippen LogP contribution in [0.1, 0.15) is 38.2 Å². The third kappa shape index (κ3) is 4.81. The molecule has 0 saturated heterocycles. The number of sulfone groups is 1. The maximum absolute atomic E-state index is 12.8. The molecule has 6 nitrogen and oxygen atoms in total. The first-order chi connectivity index (χ1) is 11.9. The molecule has 138 valence electrons. The van der Waals surface area contributed by atoms with E-state index >= 15 is 0 Å². The van der Waals surface area contributed by atoms with Crippen LogP contribution in [0.15, 0.2) is 29.2 Å². The Morgan fingerprint density at radius 1 is 1.24 bits per heavy atom. The smallest absolute Gasteiger partial charge is 0.328 e. The van der Waals surface area contributed by atoms with Crippen molar-refractivity contribution >= 4 is 22.3 Å². The van der Waals surface area contributed by atoms with Gasteiger partial charge in [0.25, 0.3) is 6.47 Å². The van der Waals surface area contributed by atoms with Crippen LogP contribution in [-0.2, 0) is 28.9 Å². The number of ether oxygens (including phenoxy) is 2. The van der Waals surface area contributed by atoms with E-state index in [-0.39, 0.29) is 23.4 Å². The van der Waals surface area contributed by atoms with Crippen molar-refractivity contribution in [2.24, 2.45) is 5.92 Å².